The SMILES string of the molecule is O=C1CSC(=S)N1N=Cc1cc2c(cc1[N+](=O)[O-])OCO2. The predicted molar refractivity (Wildman–Crippen MR) is 78.7 cm³/mol. The number of thioether (sulfide) groups is 1. The molecule has 2 heterocycles. The molecule has 0 spiro atoms. The number of carbonyl (C=O) groups excluding carboxylic acids is 1. The van der Waals surface area contributed by atoms with Crippen molar-refractivity contribution in [3.63, 3.8) is 0 Å². The Bertz CT molecular complexity index is 675. The van der Waals surface area contributed by atoms with Gasteiger partial charge >= 0.3 is 0 Å². The van der Waals surface area contributed by atoms with E-state index < -0.39 is 4.92 Å². The van der Waals surface area contributed by atoms with E-state index in [-0.39, 0.29) is 29.7 Å². The minimum absolute atomic E-state index is 0.0123. The second-order valence-electron chi connectivity index (χ2n) is 4.03. The summed E-state index contributed by atoms with van der Waals surface area (Å²) in [5.41, 5.74) is 0.0185. The van der Waals surface area contributed by atoms with Crippen molar-refractivity contribution < 1.29 is 19.2 Å². The second kappa shape index (κ2) is 5.30. The summed E-state index contributed by atoms with van der Waals surface area (Å²) in [6.07, 6.45) is 1.22. The molecule has 0 aromatic heterocycles. The van der Waals surface area contributed by atoms with Gasteiger partial charge in [0.05, 0.1) is 28.5 Å². The molecule has 0 N–H and O–H groups in total. The summed E-state index contributed by atoms with van der Waals surface area (Å²) in [5.74, 6) is 0.665. The van der Waals surface area contributed by atoms with E-state index in [4.69, 9.17) is 21.7 Å². The number of hydrogen-bond donors (Lipinski definition) is 0. The van der Waals surface area contributed by atoms with E-state index in [0.29, 0.717) is 15.8 Å². The minimum Gasteiger partial charge on any atom is -0.454 e. The van der Waals surface area contributed by atoms with Gasteiger partial charge in [-0.3, -0.25) is 14.9 Å². The Labute approximate surface area is 127 Å². The average Bonchev–Trinajstić information content (AvgIpc) is 3.02. The minimum atomic E-state index is -0.553. The number of carbonyl (C=O) groups is 1. The fraction of sp³-hybridized carbons (Fsp3) is 0.182. The monoisotopic (exact) mass is 325 g/mol. The molecule has 0 aliphatic carbocycles. The third-order valence-corrected chi connectivity index (χ3v) is 4.10. The van der Waals surface area contributed by atoms with Crippen LogP contribution in [0.5, 0.6) is 11.5 Å². The highest BCUT2D eigenvalue weighted by Gasteiger charge is 2.27. The molecule has 0 bridgehead atoms. The average molecular weight is 325 g/mol. The summed E-state index contributed by atoms with van der Waals surface area (Å²) in [4.78, 5) is 22.1. The normalized spacial score (nSPS) is 17.0. The third kappa shape index (κ3) is 2.54. The fourth-order valence-electron chi connectivity index (χ4n) is 1.79. The molecule has 1 aromatic rings. The molecule has 8 nitrogen and oxygen atoms in total. The van der Waals surface area contributed by atoms with Gasteiger partial charge in [-0.05, 0) is 6.07 Å². The number of fused-ring (bicyclic) bond motifs is 1. The van der Waals surface area contributed by atoms with Gasteiger partial charge in [0, 0.05) is 0 Å². The van der Waals surface area contributed by atoms with Gasteiger partial charge in [-0.15, -0.1) is 0 Å². The second-order valence-corrected chi connectivity index (χ2v) is 5.64. The molecule has 1 saturated heterocycles. The summed E-state index contributed by atoms with van der Waals surface area (Å²) in [6.45, 7) is 0.0123. The van der Waals surface area contributed by atoms with Gasteiger partial charge in [0.15, 0.2) is 15.8 Å². The molecule has 1 amide bonds. The topological polar surface area (TPSA) is 94.3 Å². The van der Waals surface area contributed by atoms with Gasteiger partial charge in [-0.2, -0.15) is 10.1 Å². The molecule has 2 aliphatic rings. The van der Waals surface area contributed by atoms with Crippen molar-refractivity contribution in [2.45, 2.75) is 0 Å². The van der Waals surface area contributed by atoms with Crippen molar-refractivity contribution >= 4 is 46.1 Å². The number of amides is 1. The molecule has 2 aliphatic heterocycles. The molecule has 1 fully saturated rings. The van der Waals surface area contributed by atoms with Crippen LogP contribution in [0.2, 0.25) is 0 Å². The fourth-order valence-corrected chi connectivity index (χ4v) is 2.75. The van der Waals surface area contributed by atoms with Crippen LogP contribution in [-0.2, 0) is 4.79 Å². The first-order valence-corrected chi connectivity index (χ1v) is 7.07. The number of rotatable bonds is 3. The van der Waals surface area contributed by atoms with E-state index in [1.807, 2.05) is 0 Å². The van der Waals surface area contributed by atoms with E-state index in [0.717, 1.165) is 5.01 Å². The van der Waals surface area contributed by atoms with Crippen LogP contribution < -0.4 is 9.47 Å². The molecule has 0 saturated carbocycles. The van der Waals surface area contributed by atoms with E-state index in [9.17, 15) is 14.9 Å². The van der Waals surface area contributed by atoms with Gasteiger partial charge in [-0.1, -0.05) is 24.0 Å². The summed E-state index contributed by atoms with van der Waals surface area (Å²) in [5, 5.41) is 16.1. The van der Waals surface area contributed by atoms with Crippen molar-refractivity contribution in [2.75, 3.05) is 12.5 Å². The summed E-state index contributed by atoms with van der Waals surface area (Å²) in [7, 11) is 0. The first-order valence-electron chi connectivity index (χ1n) is 5.68. The lowest BCUT2D eigenvalue weighted by atomic mass is 10.1. The van der Waals surface area contributed by atoms with Crippen LogP contribution in [0, 0.1) is 10.1 Å². The van der Waals surface area contributed by atoms with Crippen molar-refractivity contribution in [2.24, 2.45) is 5.10 Å². The van der Waals surface area contributed by atoms with Crippen LogP contribution in [0.4, 0.5) is 5.69 Å². The number of benzene rings is 1. The molecule has 108 valence electrons. The number of hydrazone groups is 1. The Balaban J connectivity index is 1.96. The lowest BCUT2D eigenvalue weighted by Crippen LogP contribution is -2.22. The number of nitro groups is 1. The number of thiocarbonyl (C=S) groups is 1. The van der Waals surface area contributed by atoms with Gasteiger partial charge in [0.1, 0.15) is 0 Å². The molecule has 3 rings (SSSR count). The van der Waals surface area contributed by atoms with Crippen LogP contribution in [0.1, 0.15) is 5.56 Å². The maximum absolute atomic E-state index is 11.5. The molecule has 21 heavy (non-hydrogen) atoms. The highest BCUT2D eigenvalue weighted by molar-refractivity contribution is 8.23. The van der Waals surface area contributed by atoms with E-state index in [1.54, 1.807) is 0 Å². The number of hydrogen-bond acceptors (Lipinski definition) is 8. The molecule has 10 heteroatoms. The highest BCUT2D eigenvalue weighted by Crippen LogP contribution is 2.37. The molecular weight excluding hydrogens is 318 g/mol. The van der Waals surface area contributed by atoms with Crippen molar-refractivity contribution in [1.29, 1.82) is 0 Å². The van der Waals surface area contributed by atoms with E-state index in [1.165, 1.54) is 30.1 Å². The Morgan fingerprint density at radius 2 is 2.14 bits per heavy atom. The van der Waals surface area contributed by atoms with Gasteiger partial charge < -0.3 is 9.47 Å². The predicted octanol–water partition coefficient (Wildman–Crippen LogP) is 1.52. The first-order chi connectivity index (χ1) is 10.1. The summed E-state index contributed by atoms with van der Waals surface area (Å²) in [6, 6.07) is 2.71. The van der Waals surface area contributed by atoms with Crippen LogP contribution in [-0.4, -0.2) is 38.9 Å². The van der Waals surface area contributed by atoms with Gasteiger partial charge in [-0.25, -0.2) is 0 Å². The third-order valence-electron chi connectivity index (χ3n) is 2.76. The standard InChI is InChI=1S/C11H7N3O5S2/c15-10-4-21-11(20)13(10)12-3-6-1-8-9(19-5-18-8)2-7(6)14(16)17/h1-3H,4-5H2. The van der Waals surface area contributed by atoms with Crippen LogP contribution in [0.15, 0.2) is 17.2 Å². The van der Waals surface area contributed by atoms with Gasteiger partial charge in [0.25, 0.3) is 11.6 Å². The Hall–Kier alpha value is -2.20. The van der Waals surface area contributed by atoms with Crippen molar-refractivity contribution in [3.8, 4) is 11.5 Å². The number of nitro benzene ring substituents is 1. The molecular formula is C11H7N3O5S2. The molecule has 0 unspecified atom stereocenters. The zero-order valence-electron chi connectivity index (χ0n) is 10.3. The number of ether oxygens (including phenoxy) is 2. The molecule has 0 atom stereocenters. The van der Waals surface area contributed by atoms with E-state index >= 15 is 0 Å². The Morgan fingerprint density at radius 1 is 1.43 bits per heavy atom. The summed E-state index contributed by atoms with van der Waals surface area (Å²) >= 11 is 6.17. The Morgan fingerprint density at radius 3 is 2.76 bits per heavy atom. The van der Waals surface area contributed by atoms with Crippen LogP contribution >= 0.6 is 24.0 Å². The molecule has 1 aromatic carbocycles. The quantitative estimate of drug-likeness (QED) is 0.360. The number of nitrogens with zero attached hydrogens (tertiary/aromatic N) is 3. The first kappa shape index (κ1) is 13.8. The van der Waals surface area contributed by atoms with Gasteiger partial charge in [0.2, 0.25) is 6.79 Å². The van der Waals surface area contributed by atoms with Crippen LogP contribution in [0.25, 0.3) is 0 Å². The zero-order chi connectivity index (χ0) is 15.0. The zero-order valence-corrected chi connectivity index (χ0v) is 12.0. The highest BCUT2D eigenvalue weighted by atomic mass is 32.2. The smallest absolute Gasteiger partial charge is 0.282 e. The lowest BCUT2D eigenvalue weighted by molar-refractivity contribution is -0.385. The molecule has 0 radical (unpaired) electrons. The maximum atomic E-state index is 11.5. The Kier molecular flexibility index (Phi) is 3.47. The van der Waals surface area contributed by atoms with Crippen molar-refractivity contribution in [3.05, 3.63) is 27.8 Å². The summed E-state index contributed by atoms with van der Waals surface area (Å²) < 4.78 is 10.6. The van der Waals surface area contributed by atoms with Crippen molar-refractivity contribution in [1.82, 2.24) is 5.01 Å². The largest absolute Gasteiger partial charge is 0.454 e. The lowest BCUT2D eigenvalue weighted by Gasteiger charge is -2.06. The van der Waals surface area contributed by atoms with Crippen LogP contribution in [0.3, 0.4) is 0 Å². The maximum Gasteiger partial charge on any atom is 0.282 e. The van der Waals surface area contributed by atoms with E-state index in [2.05, 4.69) is 5.10 Å².